The SMILES string of the molecule is CC(CN)C(C)(C)Nc1ccc([N+](=O)[O-])cc1. The standard InChI is InChI=1S/C12H19N3O2/c1-9(8-13)12(2,3)14-10-4-6-11(7-5-10)15(16)17/h4-7,9,14H,8,13H2,1-3H3. The van der Waals surface area contributed by atoms with E-state index >= 15 is 0 Å². The zero-order chi connectivity index (χ0) is 13.1. The summed E-state index contributed by atoms with van der Waals surface area (Å²) in [7, 11) is 0. The molecular formula is C12H19N3O2. The summed E-state index contributed by atoms with van der Waals surface area (Å²) in [5.74, 6) is 0.303. The van der Waals surface area contributed by atoms with E-state index in [1.807, 2.05) is 0 Å². The van der Waals surface area contributed by atoms with Crippen LogP contribution in [0.5, 0.6) is 0 Å². The Morgan fingerprint density at radius 2 is 1.94 bits per heavy atom. The molecule has 5 heteroatoms. The minimum Gasteiger partial charge on any atom is -0.380 e. The summed E-state index contributed by atoms with van der Waals surface area (Å²) in [5, 5.41) is 13.9. The van der Waals surface area contributed by atoms with Crippen molar-refractivity contribution in [3.8, 4) is 0 Å². The molecule has 1 unspecified atom stereocenters. The van der Waals surface area contributed by atoms with Crippen molar-refractivity contribution in [2.45, 2.75) is 26.3 Å². The Bertz CT molecular complexity index is 387. The lowest BCUT2D eigenvalue weighted by molar-refractivity contribution is -0.384. The van der Waals surface area contributed by atoms with E-state index in [4.69, 9.17) is 5.73 Å². The van der Waals surface area contributed by atoms with E-state index < -0.39 is 4.92 Å². The van der Waals surface area contributed by atoms with Crippen LogP contribution in [0.25, 0.3) is 0 Å². The van der Waals surface area contributed by atoms with Crippen LogP contribution < -0.4 is 11.1 Å². The van der Waals surface area contributed by atoms with E-state index in [0.29, 0.717) is 12.5 Å². The number of hydrogen-bond acceptors (Lipinski definition) is 4. The van der Waals surface area contributed by atoms with E-state index in [-0.39, 0.29) is 11.2 Å². The van der Waals surface area contributed by atoms with Gasteiger partial charge in [-0.2, -0.15) is 0 Å². The molecule has 0 aliphatic rings. The van der Waals surface area contributed by atoms with Crippen molar-refractivity contribution in [3.05, 3.63) is 34.4 Å². The van der Waals surface area contributed by atoms with Crippen molar-refractivity contribution >= 4 is 11.4 Å². The number of nitrogens with two attached hydrogens (primary N) is 1. The molecule has 5 nitrogen and oxygen atoms in total. The topological polar surface area (TPSA) is 81.2 Å². The van der Waals surface area contributed by atoms with Gasteiger partial charge in [0.15, 0.2) is 0 Å². The van der Waals surface area contributed by atoms with Gasteiger partial charge in [-0.15, -0.1) is 0 Å². The molecule has 0 heterocycles. The third-order valence-corrected chi connectivity index (χ3v) is 3.13. The predicted octanol–water partition coefficient (Wildman–Crippen LogP) is 2.38. The molecule has 0 saturated heterocycles. The Labute approximate surface area is 101 Å². The Balaban J connectivity index is 2.78. The Kier molecular flexibility index (Phi) is 4.07. The molecular weight excluding hydrogens is 218 g/mol. The Morgan fingerprint density at radius 3 is 2.35 bits per heavy atom. The number of rotatable bonds is 5. The van der Waals surface area contributed by atoms with E-state index in [1.165, 1.54) is 12.1 Å². The maximum Gasteiger partial charge on any atom is 0.269 e. The number of nitro benzene ring substituents is 1. The molecule has 0 aliphatic carbocycles. The molecule has 17 heavy (non-hydrogen) atoms. The second-order valence-corrected chi connectivity index (χ2v) is 4.79. The summed E-state index contributed by atoms with van der Waals surface area (Å²) < 4.78 is 0. The van der Waals surface area contributed by atoms with E-state index in [9.17, 15) is 10.1 Å². The van der Waals surface area contributed by atoms with Crippen molar-refractivity contribution in [1.82, 2.24) is 0 Å². The number of anilines is 1. The van der Waals surface area contributed by atoms with Crippen LogP contribution in [0, 0.1) is 16.0 Å². The first-order valence-electron chi connectivity index (χ1n) is 5.59. The smallest absolute Gasteiger partial charge is 0.269 e. The second kappa shape index (κ2) is 5.14. The summed E-state index contributed by atoms with van der Waals surface area (Å²) in [5.41, 5.74) is 6.46. The third-order valence-electron chi connectivity index (χ3n) is 3.13. The fraction of sp³-hybridized carbons (Fsp3) is 0.500. The molecule has 94 valence electrons. The highest BCUT2D eigenvalue weighted by molar-refractivity contribution is 5.50. The number of hydrogen-bond donors (Lipinski definition) is 2. The quantitative estimate of drug-likeness (QED) is 0.608. The molecule has 1 aromatic rings. The summed E-state index contributed by atoms with van der Waals surface area (Å²) >= 11 is 0. The van der Waals surface area contributed by atoms with Crippen molar-refractivity contribution < 1.29 is 4.92 Å². The fourth-order valence-electron chi connectivity index (χ4n) is 1.46. The van der Waals surface area contributed by atoms with Crippen molar-refractivity contribution in [1.29, 1.82) is 0 Å². The molecule has 0 amide bonds. The highest BCUT2D eigenvalue weighted by Crippen LogP contribution is 2.23. The number of nitro groups is 1. The molecule has 1 aromatic carbocycles. The van der Waals surface area contributed by atoms with Gasteiger partial charge >= 0.3 is 0 Å². The summed E-state index contributed by atoms with van der Waals surface area (Å²) in [6.45, 7) is 6.78. The Hall–Kier alpha value is -1.62. The van der Waals surface area contributed by atoms with Gasteiger partial charge in [-0.1, -0.05) is 6.92 Å². The van der Waals surface area contributed by atoms with Crippen LogP contribution in [0.1, 0.15) is 20.8 Å². The average molecular weight is 237 g/mol. The zero-order valence-corrected chi connectivity index (χ0v) is 10.4. The highest BCUT2D eigenvalue weighted by Gasteiger charge is 2.24. The number of non-ortho nitro benzene ring substituents is 1. The molecule has 1 atom stereocenters. The molecule has 1 rings (SSSR count). The first-order valence-corrected chi connectivity index (χ1v) is 5.59. The van der Waals surface area contributed by atoms with Crippen molar-refractivity contribution in [3.63, 3.8) is 0 Å². The van der Waals surface area contributed by atoms with Gasteiger partial charge in [0.2, 0.25) is 0 Å². The van der Waals surface area contributed by atoms with Gasteiger partial charge in [-0.05, 0) is 38.4 Å². The summed E-state index contributed by atoms with van der Waals surface area (Å²) in [6, 6.07) is 6.41. The van der Waals surface area contributed by atoms with Crippen molar-refractivity contribution in [2.75, 3.05) is 11.9 Å². The minimum absolute atomic E-state index is 0.0974. The van der Waals surface area contributed by atoms with Crippen LogP contribution >= 0.6 is 0 Å². The predicted molar refractivity (Wildman–Crippen MR) is 69.0 cm³/mol. The first-order chi connectivity index (χ1) is 7.86. The van der Waals surface area contributed by atoms with Gasteiger partial charge in [-0.3, -0.25) is 10.1 Å². The van der Waals surface area contributed by atoms with Gasteiger partial charge in [-0.25, -0.2) is 0 Å². The highest BCUT2D eigenvalue weighted by atomic mass is 16.6. The van der Waals surface area contributed by atoms with Crippen LogP contribution in [0.4, 0.5) is 11.4 Å². The van der Waals surface area contributed by atoms with Crippen LogP contribution in [-0.2, 0) is 0 Å². The van der Waals surface area contributed by atoms with Crippen LogP contribution in [-0.4, -0.2) is 17.0 Å². The molecule has 3 N–H and O–H groups in total. The lowest BCUT2D eigenvalue weighted by Crippen LogP contribution is -2.41. The maximum atomic E-state index is 10.5. The molecule has 0 radical (unpaired) electrons. The number of nitrogens with one attached hydrogen (secondary N) is 1. The van der Waals surface area contributed by atoms with Gasteiger partial charge in [0.25, 0.3) is 5.69 Å². The van der Waals surface area contributed by atoms with Crippen LogP contribution in [0.15, 0.2) is 24.3 Å². The molecule has 0 aliphatic heterocycles. The minimum atomic E-state index is -0.405. The molecule has 0 spiro atoms. The van der Waals surface area contributed by atoms with Gasteiger partial charge in [0.05, 0.1) is 4.92 Å². The summed E-state index contributed by atoms with van der Waals surface area (Å²) in [6.07, 6.45) is 0. The monoisotopic (exact) mass is 237 g/mol. The van der Waals surface area contributed by atoms with Gasteiger partial charge < -0.3 is 11.1 Å². The zero-order valence-electron chi connectivity index (χ0n) is 10.4. The van der Waals surface area contributed by atoms with Gasteiger partial charge in [0, 0.05) is 23.4 Å². The van der Waals surface area contributed by atoms with E-state index in [0.717, 1.165) is 5.69 Å². The largest absolute Gasteiger partial charge is 0.380 e. The summed E-state index contributed by atoms with van der Waals surface area (Å²) in [4.78, 5) is 10.1. The lowest BCUT2D eigenvalue weighted by Gasteiger charge is -2.33. The second-order valence-electron chi connectivity index (χ2n) is 4.79. The average Bonchev–Trinajstić information content (AvgIpc) is 2.28. The normalized spacial score (nSPS) is 13.2. The van der Waals surface area contributed by atoms with E-state index in [1.54, 1.807) is 12.1 Å². The lowest BCUT2D eigenvalue weighted by atomic mass is 9.89. The number of benzene rings is 1. The molecule has 0 bridgehead atoms. The van der Waals surface area contributed by atoms with Gasteiger partial charge in [0.1, 0.15) is 0 Å². The Morgan fingerprint density at radius 1 is 1.41 bits per heavy atom. The molecule has 0 aromatic heterocycles. The molecule has 0 fully saturated rings. The van der Waals surface area contributed by atoms with E-state index in [2.05, 4.69) is 26.1 Å². The fourth-order valence-corrected chi connectivity index (χ4v) is 1.46. The maximum absolute atomic E-state index is 10.5. The first kappa shape index (κ1) is 13.4. The van der Waals surface area contributed by atoms with Crippen LogP contribution in [0.3, 0.4) is 0 Å². The third kappa shape index (κ3) is 3.42. The number of nitrogens with zero attached hydrogens (tertiary/aromatic N) is 1. The van der Waals surface area contributed by atoms with Crippen LogP contribution in [0.2, 0.25) is 0 Å². The molecule has 0 saturated carbocycles. The van der Waals surface area contributed by atoms with Crippen molar-refractivity contribution in [2.24, 2.45) is 11.7 Å².